The van der Waals surface area contributed by atoms with Crippen LogP contribution in [0.25, 0.3) is 0 Å². The molecule has 0 aliphatic carbocycles. The number of piperazine rings is 1. The lowest BCUT2D eigenvalue weighted by Gasteiger charge is -2.36. The van der Waals surface area contributed by atoms with Gasteiger partial charge in [0.25, 0.3) is 0 Å². The second-order valence-electron chi connectivity index (χ2n) is 7.58. The molecule has 1 aromatic carbocycles. The third-order valence-corrected chi connectivity index (χ3v) is 5.67. The molecule has 6 nitrogen and oxygen atoms in total. The zero-order valence-corrected chi connectivity index (χ0v) is 16.1. The average molecular weight is 367 g/mol. The Hall–Kier alpha value is -2.34. The van der Waals surface area contributed by atoms with E-state index in [1.165, 1.54) is 31.2 Å². The lowest BCUT2D eigenvalue weighted by atomic mass is 10.2. The first-order valence-electron chi connectivity index (χ1n) is 10.2. The summed E-state index contributed by atoms with van der Waals surface area (Å²) in [4.78, 5) is 16.2. The maximum absolute atomic E-state index is 6.53. The van der Waals surface area contributed by atoms with Crippen molar-refractivity contribution >= 4 is 17.3 Å². The van der Waals surface area contributed by atoms with Crippen molar-refractivity contribution < 1.29 is 0 Å². The van der Waals surface area contributed by atoms with Gasteiger partial charge in [0.2, 0.25) is 0 Å². The van der Waals surface area contributed by atoms with Gasteiger partial charge in [0, 0.05) is 45.8 Å². The minimum atomic E-state index is 0.746. The lowest BCUT2D eigenvalue weighted by Crippen LogP contribution is -2.46. The quantitative estimate of drug-likeness (QED) is 0.898. The summed E-state index contributed by atoms with van der Waals surface area (Å²) in [5.41, 5.74) is 8.65. The van der Waals surface area contributed by atoms with Gasteiger partial charge >= 0.3 is 0 Å². The normalized spacial score (nSPS) is 19.1. The smallest absolute Gasteiger partial charge is 0.157 e. The largest absolute Gasteiger partial charge is 0.393 e. The summed E-state index contributed by atoms with van der Waals surface area (Å²) >= 11 is 0. The molecule has 27 heavy (non-hydrogen) atoms. The summed E-state index contributed by atoms with van der Waals surface area (Å²) in [7, 11) is 0. The number of nitrogens with zero attached hydrogens (tertiary/aromatic N) is 5. The fraction of sp³-hybridized carbons (Fsp3) is 0.524. The van der Waals surface area contributed by atoms with Crippen molar-refractivity contribution in [2.45, 2.75) is 32.2 Å². The summed E-state index contributed by atoms with van der Waals surface area (Å²) in [6.45, 7) is 7.06. The standard InChI is InChI=1S/C21H30N6/c22-19-20(26-10-6-1-2-7-11-26)23-17-24-21(19)27-14-12-25(13-15-27)16-18-8-4-3-5-9-18/h3-5,8-9,17H,1-2,6-7,10-16,22H2. The van der Waals surface area contributed by atoms with Crippen molar-refractivity contribution in [2.75, 3.05) is 54.8 Å². The highest BCUT2D eigenvalue weighted by Gasteiger charge is 2.23. The molecule has 2 saturated heterocycles. The van der Waals surface area contributed by atoms with Crippen LogP contribution in [0.4, 0.5) is 17.3 Å². The van der Waals surface area contributed by atoms with Crippen LogP contribution >= 0.6 is 0 Å². The molecule has 0 bridgehead atoms. The van der Waals surface area contributed by atoms with Gasteiger partial charge in [0.05, 0.1) is 0 Å². The highest BCUT2D eigenvalue weighted by Crippen LogP contribution is 2.31. The SMILES string of the molecule is Nc1c(N2CCCCCC2)ncnc1N1CCN(Cc2ccccc2)CC1. The number of hydrogen-bond donors (Lipinski definition) is 1. The molecule has 0 atom stereocenters. The molecule has 2 aliphatic rings. The van der Waals surface area contributed by atoms with Gasteiger partial charge in [-0.15, -0.1) is 0 Å². The zero-order chi connectivity index (χ0) is 18.5. The van der Waals surface area contributed by atoms with Crippen molar-refractivity contribution in [2.24, 2.45) is 0 Å². The Labute approximate surface area is 162 Å². The lowest BCUT2D eigenvalue weighted by molar-refractivity contribution is 0.249. The second kappa shape index (κ2) is 8.57. The van der Waals surface area contributed by atoms with Gasteiger partial charge in [-0.3, -0.25) is 4.90 Å². The molecule has 2 fully saturated rings. The summed E-state index contributed by atoms with van der Waals surface area (Å²) in [5.74, 6) is 1.83. The molecule has 1 aromatic heterocycles. The van der Waals surface area contributed by atoms with Gasteiger partial charge in [0.15, 0.2) is 11.6 Å². The van der Waals surface area contributed by atoms with E-state index in [0.717, 1.165) is 63.1 Å². The van der Waals surface area contributed by atoms with Crippen molar-refractivity contribution in [1.82, 2.24) is 14.9 Å². The number of hydrogen-bond acceptors (Lipinski definition) is 6. The summed E-state index contributed by atoms with van der Waals surface area (Å²) in [5, 5.41) is 0. The van der Waals surface area contributed by atoms with Gasteiger partial charge < -0.3 is 15.5 Å². The van der Waals surface area contributed by atoms with E-state index in [0.29, 0.717) is 0 Å². The number of aromatic nitrogens is 2. The van der Waals surface area contributed by atoms with Crippen LogP contribution in [0.5, 0.6) is 0 Å². The van der Waals surface area contributed by atoms with Crippen LogP contribution < -0.4 is 15.5 Å². The maximum atomic E-state index is 6.53. The van der Waals surface area contributed by atoms with Gasteiger partial charge in [-0.25, -0.2) is 9.97 Å². The Kier molecular flexibility index (Phi) is 5.72. The summed E-state index contributed by atoms with van der Waals surface area (Å²) in [6.07, 6.45) is 6.73. The van der Waals surface area contributed by atoms with Gasteiger partial charge in [-0.05, 0) is 18.4 Å². The molecule has 0 spiro atoms. The molecular formula is C21H30N6. The van der Waals surface area contributed by atoms with Crippen LogP contribution in [0.1, 0.15) is 31.2 Å². The molecule has 6 heteroatoms. The van der Waals surface area contributed by atoms with E-state index in [2.05, 4.69) is 55.0 Å². The van der Waals surface area contributed by atoms with Crippen LogP contribution in [-0.2, 0) is 6.54 Å². The molecule has 144 valence electrons. The van der Waals surface area contributed by atoms with Crippen LogP contribution in [0.3, 0.4) is 0 Å². The first kappa shape index (κ1) is 18.0. The Morgan fingerprint density at radius 1 is 0.741 bits per heavy atom. The third-order valence-electron chi connectivity index (χ3n) is 5.67. The molecule has 0 radical (unpaired) electrons. The first-order chi connectivity index (χ1) is 13.3. The average Bonchev–Trinajstić information content (AvgIpc) is 2.99. The Balaban J connectivity index is 1.41. The second-order valence-corrected chi connectivity index (χ2v) is 7.58. The predicted octanol–water partition coefficient (Wildman–Crippen LogP) is 2.76. The van der Waals surface area contributed by atoms with E-state index in [1.807, 2.05) is 0 Å². The van der Waals surface area contributed by atoms with E-state index in [1.54, 1.807) is 6.33 Å². The number of nitrogen functional groups attached to an aromatic ring is 1. The number of nitrogens with two attached hydrogens (primary N) is 1. The topological polar surface area (TPSA) is 61.5 Å². The Bertz CT molecular complexity index is 719. The highest BCUT2D eigenvalue weighted by atomic mass is 15.3. The first-order valence-corrected chi connectivity index (χ1v) is 10.2. The third kappa shape index (κ3) is 4.33. The molecule has 2 N–H and O–H groups in total. The number of anilines is 3. The fourth-order valence-corrected chi connectivity index (χ4v) is 4.12. The predicted molar refractivity (Wildman–Crippen MR) is 111 cm³/mol. The number of benzene rings is 1. The molecule has 4 rings (SSSR count). The van der Waals surface area contributed by atoms with Crippen LogP contribution in [0, 0.1) is 0 Å². The van der Waals surface area contributed by atoms with E-state index >= 15 is 0 Å². The molecule has 0 amide bonds. The minimum absolute atomic E-state index is 0.746. The molecule has 0 saturated carbocycles. The molecule has 3 heterocycles. The summed E-state index contributed by atoms with van der Waals surface area (Å²) in [6, 6.07) is 10.7. The Morgan fingerprint density at radius 2 is 1.33 bits per heavy atom. The van der Waals surface area contributed by atoms with Crippen LogP contribution in [-0.4, -0.2) is 54.1 Å². The van der Waals surface area contributed by atoms with Crippen molar-refractivity contribution in [3.63, 3.8) is 0 Å². The minimum Gasteiger partial charge on any atom is -0.393 e. The van der Waals surface area contributed by atoms with Crippen LogP contribution in [0.2, 0.25) is 0 Å². The monoisotopic (exact) mass is 366 g/mol. The van der Waals surface area contributed by atoms with E-state index in [4.69, 9.17) is 5.73 Å². The van der Waals surface area contributed by atoms with E-state index in [-0.39, 0.29) is 0 Å². The van der Waals surface area contributed by atoms with E-state index < -0.39 is 0 Å². The zero-order valence-electron chi connectivity index (χ0n) is 16.1. The fourth-order valence-electron chi connectivity index (χ4n) is 4.12. The summed E-state index contributed by atoms with van der Waals surface area (Å²) < 4.78 is 0. The van der Waals surface area contributed by atoms with Crippen LogP contribution in [0.15, 0.2) is 36.7 Å². The van der Waals surface area contributed by atoms with E-state index in [9.17, 15) is 0 Å². The molecule has 2 aliphatic heterocycles. The van der Waals surface area contributed by atoms with Crippen molar-refractivity contribution in [1.29, 1.82) is 0 Å². The maximum Gasteiger partial charge on any atom is 0.157 e. The number of rotatable bonds is 4. The molecular weight excluding hydrogens is 336 g/mol. The van der Waals surface area contributed by atoms with Gasteiger partial charge in [0.1, 0.15) is 12.0 Å². The van der Waals surface area contributed by atoms with Crippen molar-refractivity contribution in [3.8, 4) is 0 Å². The van der Waals surface area contributed by atoms with Gasteiger partial charge in [-0.1, -0.05) is 43.2 Å². The van der Waals surface area contributed by atoms with Crippen molar-refractivity contribution in [3.05, 3.63) is 42.2 Å². The molecule has 2 aromatic rings. The van der Waals surface area contributed by atoms with Gasteiger partial charge in [-0.2, -0.15) is 0 Å². The highest BCUT2D eigenvalue weighted by molar-refractivity contribution is 5.75. The molecule has 0 unspecified atom stereocenters. The Morgan fingerprint density at radius 3 is 1.96 bits per heavy atom.